The van der Waals surface area contributed by atoms with E-state index in [9.17, 15) is 18.3 Å². The molecule has 20 heavy (non-hydrogen) atoms. The molecule has 1 aromatic carbocycles. The molecule has 0 bridgehead atoms. The van der Waals surface area contributed by atoms with Crippen molar-refractivity contribution in [1.29, 1.82) is 0 Å². The minimum Gasteiger partial charge on any atom is -0.393 e. The average Bonchev–Trinajstić information content (AvgIpc) is 2.35. The van der Waals surface area contributed by atoms with Gasteiger partial charge in [0.15, 0.2) is 9.84 Å². The standard InChI is InChI=1S/C14H21NO4S/c1-10-5-7-12(8-6-10)20(18,19)13(9-11(2)16)14(17)15(3)4/h5-8,11,13,16H,9H2,1-4H3/t11-,13?/m0/s1. The van der Waals surface area contributed by atoms with Crippen LogP contribution < -0.4 is 0 Å². The molecule has 0 aliphatic heterocycles. The third kappa shape index (κ3) is 3.80. The lowest BCUT2D eigenvalue weighted by molar-refractivity contribution is -0.128. The molecular formula is C14H21NO4S. The van der Waals surface area contributed by atoms with Gasteiger partial charge in [-0.1, -0.05) is 17.7 Å². The first kappa shape index (κ1) is 16.7. The highest BCUT2D eigenvalue weighted by Gasteiger charge is 2.35. The average molecular weight is 299 g/mol. The fourth-order valence-corrected chi connectivity index (χ4v) is 3.70. The molecule has 5 nitrogen and oxygen atoms in total. The number of hydrogen-bond donors (Lipinski definition) is 1. The Morgan fingerprint density at radius 3 is 2.15 bits per heavy atom. The summed E-state index contributed by atoms with van der Waals surface area (Å²) in [6, 6.07) is 6.35. The van der Waals surface area contributed by atoms with E-state index < -0.39 is 27.1 Å². The zero-order valence-electron chi connectivity index (χ0n) is 12.2. The minimum absolute atomic E-state index is 0.101. The maximum Gasteiger partial charge on any atom is 0.240 e. The summed E-state index contributed by atoms with van der Waals surface area (Å²) >= 11 is 0. The Morgan fingerprint density at radius 2 is 1.75 bits per heavy atom. The van der Waals surface area contributed by atoms with Gasteiger partial charge in [0.2, 0.25) is 5.91 Å². The van der Waals surface area contributed by atoms with Crippen molar-refractivity contribution in [3.8, 4) is 0 Å². The van der Waals surface area contributed by atoms with Gasteiger partial charge in [0.1, 0.15) is 5.25 Å². The van der Waals surface area contributed by atoms with Crippen LogP contribution in [0.25, 0.3) is 0 Å². The zero-order chi connectivity index (χ0) is 15.5. The molecule has 2 atom stereocenters. The monoisotopic (exact) mass is 299 g/mol. The lowest BCUT2D eigenvalue weighted by Gasteiger charge is -2.22. The number of rotatable bonds is 5. The highest BCUT2D eigenvalue weighted by atomic mass is 32.2. The molecule has 6 heteroatoms. The van der Waals surface area contributed by atoms with Gasteiger partial charge in [0, 0.05) is 14.1 Å². The molecule has 1 rings (SSSR count). The Bertz CT molecular complexity index is 561. The summed E-state index contributed by atoms with van der Waals surface area (Å²) in [6.07, 6.45) is -0.989. The Hall–Kier alpha value is -1.40. The van der Waals surface area contributed by atoms with Crippen LogP contribution in [-0.4, -0.2) is 49.8 Å². The molecule has 1 unspecified atom stereocenters. The van der Waals surface area contributed by atoms with E-state index in [1.807, 2.05) is 6.92 Å². The molecule has 0 spiro atoms. The molecule has 1 aromatic rings. The van der Waals surface area contributed by atoms with Crippen LogP contribution in [0.5, 0.6) is 0 Å². The molecule has 0 aromatic heterocycles. The first-order valence-electron chi connectivity index (χ1n) is 6.36. The van der Waals surface area contributed by atoms with Crippen LogP contribution in [0.1, 0.15) is 18.9 Å². The van der Waals surface area contributed by atoms with Gasteiger partial charge in [-0.25, -0.2) is 8.42 Å². The lowest BCUT2D eigenvalue weighted by atomic mass is 10.2. The molecule has 1 amide bonds. The normalized spacial score (nSPS) is 14.7. The number of aryl methyl sites for hydroxylation is 1. The molecule has 0 aliphatic rings. The van der Waals surface area contributed by atoms with Crippen LogP contribution in [0.3, 0.4) is 0 Å². The van der Waals surface area contributed by atoms with Crippen molar-refractivity contribution >= 4 is 15.7 Å². The first-order chi connectivity index (χ1) is 9.16. The number of benzene rings is 1. The van der Waals surface area contributed by atoms with E-state index in [0.717, 1.165) is 5.56 Å². The van der Waals surface area contributed by atoms with Gasteiger partial charge < -0.3 is 10.0 Å². The molecule has 0 radical (unpaired) electrons. The number of carbonyl (C=O) groups is 1. The van der Waals surface area contributed by atoms with E-state index in [2.05, 4.69) is 0 Å². The smallest absolute Gasteiger partial charge is 0.240 e. The largest absolute Gasteiger partial charge is 0.393 e. The predicted molar refractivity (Wildman–Crippen MR) is 77.1 cm³/mol. The number of amides is 1. The molecule has 0 aliphatic carbocycles. The third-order valence-corrected chi connectivity index (χ3v) is 5.07. The fraction of sp³-hybridized carbons (Fsp3) is 0.500. The van der Waals surface area contributed by atoms with Crippen LogP contribution in [0, 0.1) is 6.92 Å². The molecule has 0 fully saturated rings. The Labute approximate surface area is 120 Å². The van der Waals surface area contributed by atoms with Crippen molar-refractivity contribution < 1.29 is 18.3 Å². The second-order valence-electron chi connectivity index (χ2n) is 5.16. The molecule has 112 valence electrons. The van der Waals surface area contributed by atoms with Gasteiger partial charge in [-0.15, -0.1) is 0 Å². The first-order valence-corrected chi connectivity index (χ1v) is 7.90. The number of aliphatic hydroxyl groups excluding tert-OH is 1. The van der Waals surface area contributed by atoms with Crippen LogP contribution in [0.4, 0.5) is 0 Å². The highest BCUT2D eigenvalue weighted by Crippen LogP contribution is 2.21. The Balaban J connectivity index is 3.23. The van der Waals surface area contributed by atoms with E-state index in [1.165, 1.54) is 38.1 Å². The summed E-state index contributed by atoms with van der Waals surface area (Å²) in [6.45, 7) is 3.33. The number of nitrogens with zero attached hydrogens (tertiary/aromatic N) is 1. The van der Waals surface area contributed by atoms with Crippen molar-refractivity contribution in [3.05, 3.63) is 29.8 Å². The van der Waals surface area contributed by atoms with Crippen LogP contribution in [0.2, 0.25) is 0 Å². The quantitative estimate of drug-likeness (QED) is 0.880. The molecule has 0 saturated carbocycles. The number of sulfone groups is 1. The molecule has 0 heterocycles. The van der Waals surface area contributed by atoms with E-state index in [-0.39, 0.29) is 11.3 Å². The third-order valence-electron chi connectivity index (χ3n) is 3.00. The van der Waals surface area contributed by atoms with Crippen LogP contribution in [0.15, 0.2) is 29.2 Å². The predicted octanol–water partition coefficient (Wildman–Crippen LogP) is 0.996. The van der Waals surface area contributed by atoms with Crippen LogP contribution in [-0.2, 0) is 14.6 Å². The number of hydrogen-bond acceptors (Lipinski definition) is 4. The van der Waals surface area contributed by atoms with Gasteiger partial charge >= 0.3 is 0 Å². The van der Waals surface area contributed by atoms with Crippen LogP contribution >= 0.6 is 0 Å². The van der Waals surface area contributed by atoms with E-state index in [1.54, 1.807) is 12.1 Å². The van der Waals surface area contributed by atoms with Crippen molar-refractivity contribution in [3.63, 3.8) is 0 Å². The maximum absolute atomic E-state index is 12.6. The number of carbonyl (C=O) groups excluding carboxylic acids is 1. The minimum atomic E-state index is -3.81. The topological polar surface area (TPSA) is 74.7 Å². The van der Waals surface area contributed by atoms with Gasteiger partial charge in [-0.2, -0.15) is 0 Å². The summed E-state index contributed by atoms with van der Waals surface area (Å²) in [5, 5.41) is 8.21. The summed E-state index contributed by atoms with van der Waals surface area (Å²) in [7, 11) is -0.804. The van der Waals surface area contributed by atoms with E-state index >= 15 is 0 Å². The van der Waals surface area contributed by atoms with Gasteiger partial charge in [0.05, 0.1) is 11.0 Å². The van der Waals surface area contributed by atoms with E-state index in [4.69, 9.17) is 0 Å². The molecular weight excluding hydrogens is 278 g/mol. The van der Waals surface area contributed by atoms with Crippen molar-refractivity contribution in [2.45, 2.75) is 36.5 Å². The van der Waals surface area contributed by atoms with Gasteiger partial charge in [-0.05, 0) is 32.4 Å². The van der Waals surface area contributed by atoms with Crippen molar-refractivity contribution in [1.82, 2.24) is 4.90 Å². The Kier molecular flexibility index (Phi) is 5.30. The Morgan fingerprint density at radius 1 is 1.25 bits per heavy atom. The summed E-state index contributed by atoms with van der Waals surface area (Å²) in [5.41, 5.74) is 0.940. The maximum atomic E-state index is 12.6. The number of aliphatic hydroxyl groups is 1. The van der Waals surface area contributed by atoms with E-state index in [0.29, 0.717) is 0 Å². The van der Waals surface area contributed by atoms with Gasteiger partial charge in [0.25, 0.3) is 0 Å². The second kappa shape index (κ2) is 6.37. The molecule has 0 saturated heterocycles. The second-order valence-corrected chi connectivity index (χ2v) is 7.29. The SMILES string of the molecule is Cc1ccc(S(=O)(=O)C(C[C@H](C)O)C(=O)N(C)C)cc1. The summed E-state index contributed by atoms with van der Waals surface area (Å²) in [5.74, 6) is -0.522. The fourth-order valence-electron chi connectivity index (χ4n) is 1.85. The lowest BCUT2D eigenvalue weighted by Crippen LogP contribution is -2.41. The molecule has 1 N–H and O–H groups in total. The van der Waals surface area contributed by atoms with Gasteiger partial charge in [-0.3, -0.25) is 4.79 Å². The summed E-state index contributed by atoms with van der Waals surface area (Å²) < 4.78 is 25.1. The van der Waals surface area contributed by atoms with Crippen molar-refractivity contribution in [2.75, 3.05) is 14.1 Å². The highest BCUT2D eigenvalue weighted by molar-refractivity contribution is 7.92. The summed E-state index contributed by atoms with van der Waals surface area (Å²) in [4.78, 5) is 13.4. The zero-order valence-corrected chi connectivity index (χ0v) is 13.0. The van der Waals surface area contributed by atoms with Crippen molar-refractivity contribution in [2.24, 2.45) is 0 Å².